The molecule has 0 N–H and O–H groups in total. The predicted octanol–water partition coefficient (Wildman–Crippen LogP) is 0.976. The summed E-state index contributed by atoms with van der Waals surface area (Å²) in [6, 6.07) is 1.38. The van der Waals surface area contributed by atoms with Crippen molar-refractivity contribution in [1.82, 2.24) is 9.47 Å². The van der Waals surface area contributed by atoms with Gasteiger partial charge in [0.25, 0.3) is 11.6 Å². The number of hydrogen-bond donors (Lipinski definition) is 0. The van der Waals surface area contributed by atoms with Gasteiger partial charge in [0.05, 0.1) is 18.2 Å². The largest absolute Gasteiger partial charge is 0.468 e. The van der Waals surface area contributed by atoms with Crippen molar-refractivity contribution in [3.8, 4) is 0 Å². The second kappa shape index (κ2) is 5.32. The fourth-order valence-corrected chi connectivity index (χ4v) is 1.92. The number of carbonyl (C=O) groups is 2. The maximum atomic E-state index is 12.3. The van der Waals surface area contributed by atoms with E-state index in [2.05, 4.69) is 4.74 Å². The Morgan fingerprint density at radius 1 is 1.55 bits per heavy atom. The van der Waals surface area contributed by atoms with Gasteiger partial charge in [-0.1, -0.05) is 0 Å². The van der Waals surface area contributed by atoms with Crippen molar-refractivity contribution < 1.29 is 19.2 Å². The minimum absolute atomic E-state index is 0.119. The van der Waals surface area contributed by atoms with Crippen molar-refractivity contribution >= 4 is 17.6 Å². The van der Waals surface area contributed by atoms with Crippen LogP contribution in [0.4, 0.5) is 5.69 Å². The smallest absolute Gasteiger partial charge is 0.325 e. The number of methoxy groups -OCH3 is 1. The molecule has 1 fully saturated rings. The molecule has 0 unspecified atom stereocenters. The summed E-state index contributed by atoms with van der Waals surface area (Å²) in [5.41, 5.74) is 0.109. The quantitative estimate of drug-likeness (QED) is 0.455. The first kappa shape index (κ1) is 14.0. The third kappa shape index (κ3) is 2.79. The third-order valence-corrected chi connectivity index (χ3v) is 3.14. The Bertz CT molecular complexity index is 561. The molecule has 8 heteroatoms. The molecule has 0 aromatic carbocycles. The van der Waals surface area contributed by atoms with E-state index in [9.17, 15) is 19.7 Å². The SMILES string of the molecule is COC(=O)CN(C)C(=O)c1cc([N+](=O)[O-])cn1C1CC1. The molecule has 0 atom stereocenters. The van der Waals surface area contributed by atoms with E-state index in [-0.39, 0.29) is 24.0 Å². The summed E-state index contributed by atoms with van der Waals surface area (Å²) in [6.45, 7) is -0.195. The number of hydrogen-bond acceptors (Lipinski definition) is 5. The molecule has 1 aliphatic carbocycles. The second-order valence-corrected chi connectivity index (χ2v) is 4.72. The number of rotatable bonds is 5. The van der Waals surface area contributed by atoms with Crippen LogP contribution >= 0.6 is 0 Å². The normalized spacial score (nSPS) is 13.9. The average molecular weight is 281 g/mol. The maximum Gasteiger partial charge on any atom is 0.325 e. The van der Waals surface area contributed by atoms with Crippen LogP contribution in [0.5, 0.6) is 0 Å². The number of nitro groups is 1. The Labute approximate surface area is 115 Å². The Hall–Kier alpha value is -2.38. The van der Waals surface area contributed by atoms with E-state index in [4.69, 9.17) is 0 Å². The maximum absolute atomic E-state index is 12.3. The van der Waals surface area contributed by atoms with Gasteiger partial charge in [-0.05, 0) is 12.8 Å². The topological polar surface area (TPSA) is 94.7 Å². The summed E-state index contributed by atoms with van der Waals surface area (Å²) in [7, 11) is 2.69. The fraction of sp³-hybridized carbons (Fsp3) is 0.500. The van der Waals surface area contributed by atoms with E-state index >= 15 is 0 Å². The molecule has 0 radical (unpaired) electrons. The first-order valence-electron chi connectivity index (χ1n) is 6.12. The van der Waals surface area contributed by atoms with E-state index in [1.807, 2.05) is 0 Å². The van der Waals surface area contributed by atoms with E-state index in [0.29, 0.717) is 0 Å². The van der Waals surface area contributed by atoms with Gasteiger partial charge in [0.2, 0.25) is 0 Å². The van der Waals surface area contributed by atoms with Crippen LogP contribution in [0.15, 0.2) is 12.3 Å². The first-order chi connectivity index (χ1) is 9.43. The standard InChI is InChI=1S/C12H15N3O5/c1-13(7-11(16)20-2)12(17)10-5-9(15(18)19)6-14(10)8-3-4-8/h5-6,8H,3-4,7H2,1-2H3. The summed E-state index contributed by atoms with van der Waals surface area (Å²) < 4.78 is 6.11. The molecule has 1 aromatic rings. The molecule has 1 saturated carbocycles. The summed E-state index contributed by atoms with van der Waals surface area (Å²) in [5, 5.41) is 10.8. The monoisotopic (exact) mass is 281 g/mol. The van der Waals surface area contributed by atoms with Crippen molar-refractivity contribution in [3.05, 3.63) is 28.1 Å². The second-order valence-electron chi connectivity index (χ2n) is 4.72. The zero-order chi connectivity index (χ0) is 14.9. The average Bonchev–Trinajstić information content (AvgIpc) is 3.16. The van der Waals surface area contributed by atoms with Gasteiger partial charge < -0.3 is 14.2 Å². The molecule has 20 heavy (non-hydrogen) atoms. The molecule has 2 rings (SSSR count). The molecule has 8 nitrogen and oxygen atoms in total. The van der Waals surface area contributed by atoms with Gasteiger partial charge >= 0.3 is 5.97 Å². The van der Waals surface area contributed by atoms with Crippen LogP contribution in [0.25, 0.3) is 0 Å². The lowest BCUT2D eigenvalue weighted by molar-refractivity contribution is -0.384. The van der Waals surface area contributed by atoms with E-state index < -0.39 is 16.8 Å². The zero-order valence-electron chi connectivity index (χ0n) is 11.2. The van der Waals surface area contributed by atoms with Gasteiger partial charge in [-0.15, -0.1) is 0 Å². The zero-order valence-corrected chi connectivity index (χ0v) is 11.2. The van der Waals surface area contributed by atoms with E-state index in [1.54, 1.807) is 4.57 Å². The molecule has 108 valence electrons. The van der Waals surface area contributed by atoms with E-state index in [0.717, 1.165) is 12.8 Å². The summed E-state index contributed by atoms with van der Waals surface area (Å²) in [5.74, 6) is -0.977. The molecule has 0 spiro atoms. The van der Waals surface area contributed by atoms with Crippen LogP contribution in [0.2, 0.25) is 0 Å². The van der Waals surface area contributed by atoms with Crippen molar-refractivity contribution in [3.63, 3.8) is 0 Å². The molecule has 1 aliphatic rings. The minimum Gasteiger partial charge on any atom is -0.468 e. The van der Waals surface area contributed by atoms with Gasteiger partial charge in [0, 0.05) is 19.2 Å². The van der Waals surface area contributed by atoms with Crippen molar-refractivity contribution in [2.75, 3.05) is 20.7 Å². The van der Waals surface area contributed by atoms with Gasteiger partial charge in [-0.25, -0.2) is 0 Å². The van der Waals surface area contributed by atoms with E-state index in [1.165, 1.54) is 31.3 Å². The Balaban J connectivity index is 2.24. The van der Waals surface area contributed by atoms with Crippen molar-refractivity contribution in [2.45, 2.75) is 18.9 Å². The number of likely N-dealkylation sites (N-methyl/N-ethyl adjacent to an activating group) is 1. The minimum atomic E-state index is -0.542. The van der Waals surface area contributed by atoms with Crippen LogP contribution in [-0.2, 0) is 9.53 Å². The van der Waals surface area contributed by atoms with Crippen molar-refractivity contribution in [2.24, 2.45) is 0 Å². The highest BCUT2D eigenvalue weighted by atomic mass is 16.6. The summed E-state index contributed by atoms with van der Waals surface area (Å²) >= 11 is 0. The van der Waals surface area contributed by atoms with Gasteiger partial charge in [0.1, 0.15) is 12.2 Å². The van der Waals surface area contributed by atoms with Gasteiger partial charge in [-0.2, -0.15) is 0 Å². The van der Waals surface area contributed by atoms with Gasteiger partial charge in [-0.3, -0.25) is 19.7 Å². The number of amides is 1. The predicted molar refractivity (Wildman–Crippen MR) is 68.3 cm³/mol. The summed E-state index contributed by atoms with van der Waals surface area (Å²) in [4.78, 5) is 34.9. The lowest BCUT2D eigenvalue weighted by Crippen LogP contribution is -2.33. The molecular weight excluding hydrogens is 266 g/mol. The molecule has 1 heterocycles. The Morgan fingerprint density at radius 3 is 2.70 bits per heavy atom. The molecule has 0 bridgehead atoms. The van der Waals surface area contributed by atoms with Crippen LogP contribution in [0.1, 0.15) is 29.4 Å². The third-order valence-electron chi connectivity index (χ3n) is 3.14. The Morgan fingerprint density at radius 2 is 2.20 bits per heavy atom. The van der Waals surface area contributed by atoms with Crippen molar-refractivity contribution in [1.29, 1.82) is 0 Å². The van der Waals surface area contributed by atoms with Crippen LogP contribution in [0, 0.1) is 10.1 Å². The van der Waals surface area contributed by atoms with Gasteiger partial charge in [0.15, 0.2) is 0 Å². The fourth-order valence-electron chi connectivity index (χ4n) is 1.92. The highest BCUT2D eigenvalue weighted by Gasteiger charge is 2.31. The lowest BCUT2D eigenvalue weighted by Gasteiger charge is -2.16. The highest BCUT2D eigenvalue weighted by Crippen LogP contribution is 2.38. The number of ether oxygens (including phenoxy) is 1. The lowest BCUT2D eigenvalue weighted by atomic mass is 10.3. The van der Waals surface area contributed by atoms with Crippen LogP contribution < -0.4 is 0 Å². The number of esters is 1. The number of carbonyl (C=O) groups excluding carboxylic acids is 2. The molecule has 0 saturated heterocycles. The van der Waals surface area contributed by atoms with Crippen LogP contribution in [0.3, 0.4) is 0 Å². The Kier molecular flexibility index (Phi) is 3.73. The number of nitrogens with zero attached hydrogens (tertiary/aromatic N) is 3. The molecule has 1 aromatic heterocycles. The summed E-state index contributed by atoms with van der Waals surface area (Å²) in [6.07, 6.45) is 3.16. The molecular formula is C12H15N3O5. The highest BCUT2D eigenvalue weighted by molar-refractivity contribution is 5.95. The number of aromatic nitrogens is 1. The van der Waals surface area contributed by atoms with Crippen LogP contribution in [-0.4, -0.2) is 47.0 Å². The molecule has 1 amide bonds. The molecule has 0 aliphatic heterocycles. The first-order valence-corrected chi connectivity index (χ1v) is 6.12.